The number of aromatic nitrogens is 1. The summed E-state index contributed by atoms with van der Waals surface area (Å²) in [5, 5.41) is 3.29. The number of hydrogen-bond acceptors (Lipinski definition) is 6. The first-order valence-electron chi connectivity index (χ1n) is 10.3. The van der Waals surface area contributed by atoms with Crippen LogP contribution in [0.4, 0.5) is 5.82 Å². The highest BCUT2D eigenvalue weighted by Gasteiger charge is 2.23. The summed E-state index contributed by atoms with van der Waals surface area (Å²) < 4.78 is 10.8. The molecule has 0 radical (unpaired) electrons. The molecule has 7 heteroatoms. The molecule has 2 aliphatic rings. The van der Waals surface area contributed by atoms with Crippen LogP contribution in [0.1, 0.15) is 35.7 Å². The van der Waals surface area contributed by atoms with Gasteiger partial charge in [0.15, 0.2) is 11.5 Å². The van der Waals surface area contributed by atoms with Crippen molar-refractivity contribution < 1.29 is 14.3 Å². The molecule has 0 unspecified atom stereocenters. The Morgan fingerprint density at radius 1 is 1.10 bits per heavy atom. The molecule has 1 saturated heterocycles. The molecule has 0 saturated carbocycles. The summed E-state index contributed by atoms with van der Waals surface area (Å²) in [6.45, 7) is 7.33. The number of carbonyl (C=O) groups excluding carboxylic acids is 1. The third-order valence-corrected chi connectivity index (χ3v) is 5.35. The molecular weight excluding hydrogens is 368 g/mol. The summed E-state index contributed by atoms with van der Waals surface area (Å²) >= 11 is 0. The molecule has 29 heavy (non-hydrogen) atoms. The minimum Gasteiger partial charge on any atom is -0.454 e. The lowest BCUT2D eigenvalue weighted by molar-refractivity contribution is 0.0628. The Balaban J connectivity index is 1.30. The number of anilines is 1. The average molecular weight is 396 g/mol. The van der Waals surface area contributed by atoms with Crippen LogP contribution >= 0.6 is 0 Å². The second kappa shape index (κ2) is 9.13. The lowest BCUT2D eigenvalue weighted by atomic mass is 10.1. The molecule has 1 amide bonds. The van der Waals surface area contributed by atoms with Gasteiger partial charge in [-0.3, -0.25) is 9.69 Å². The minimum absolute atomic E-state index is 0.0775. The van der Waals surface area contributed by atoms with Crippen LogP contribution < -0.4 is 14.8 Å². The molecule has 3 heterocycles. The summed E-state index contributed by atoms with van der Waals surface area (Å²) in [4.78, 5) is 21.5. The van der Waals surface area contributed by atoms with Gasteiger partial charge in [-0.25, -0.2) is 4.98 Å². The van der Waals surface area contributed by atoms with Gasteiger partial charge in [0, 0.05) is 51.0 Å². The van der Waals surface area contributed by atoms with Crippen molar-refractivity contribution in [2.45, 2.75) is 26.3 Å². The number of unbranched alkanes of at least 4 members (excludes halogenated alkanes) is 1. The number of hydrogen-bond donors (Lipinski definition) is 1. The fourth-order valence-corrected chi connectivity index (χ4v) is 3.64. The normalized spacial score (nSPS) is 16.1. The van der Waals surface area contributed by atoms with E-state index in [9.17, 15) is 4.79 Å². The highest BCUT2D eigenvalue weighted by molar-refractivity contribution is 5.94. The van der Waals surface area contributed by atoms with Gasteiger partial charge in [0.2, 0.25) is 6.79 Å². The maximum absolute atomic E-state index is 12.9. The number of pyridine rings is 1. The smallest absolute Gasteiger partial charge is 0.254 e. The van der Waals surface area contributed by atoms with Crippen molar-refractivity contribution in [2.75, 3.05) is 44.8 Å². The Bertz CT molecular complexity index is 850. The summed E-state index contributed by atoms with van der Waals surface area (Å²) in [6.07, 6.45) is 3.92. The van der Waals surface area contributed by atoms with E-state index in [-0.39, 0.29) is 5.91 Å². The van der Waals surface area contributed by atoms with Gasteiger partial charge >= 0.3 is 0 Å². The zero-order valence-corrected chi connectivity index (χ0v) is 16.9. The summed E-state index contributed by atoms with van der Waals surface area (Å²) in [6, 6.07) is 9.75. The molecule has 2 aromatic rings. The van der Waals surface area contributed by atoms with E-state index in [1.165, 1.54) is 5.56 Å². The third kappa shape index (κ3) is 4.79. The van der Waals surface area contributed by atoms with Gasteiger partial charge in [-0.1, -0.05) is 19.4 Å². The van der Waals surface area contributed by atoms with Crippen molar-refractivity contribution in [1.82, 2.24) is 14.8 Å². The topological polar surface area (TPSA) is 66.9 Å². The molecule has 0 atom stereocenters. The van der Waals surface area contributed by atoms with E-state index in [1.54, 1.807) is 12.3 Å². The van der Waals surface area contributed by atoms with Crippen molar-refractivity contribution >= 4 is 11.7 Å². The van der Waals surface area contributed by atoms with Gasteiger partial charge in [0.05, 0.1) is 0 Å². The molecule has 0 aliphatic carbocycles. The summed E-state index contributed by atoms with van der Waals surface area (Å²) in [5.41, 5.74) is 1.90. The lowest BCUT2D eigenvalue weighted by Crippen LogP contribution is -2.48. The van der Waals surface area contributed by atoms with E-state index in [0.717, 1.165) is 69.4 Å². The largest absolute Gasteiger partial charge is 0.454 e. The van der Waals surface area contributed by atoms with E-state index in [4.69, 9.17) is 9.47 Å². The fraction of sp³-hybridized carbons (Fsp3) is 0.455. The number of fused-ring (bicyclic) bond motifs is 1. The molecule has 0 bridgehead atoms. The molecule has 1 N–H and O–H groups in total. The number of nitrogens with zero attached hydrogens (tertiary/aromatic N) is 3. The first-order valence-corrected chi connectivity index (χ1v) is 10.3. The van der Waals surface area contributed by atoms with Crippen LogP contribution in [0.25, 0.3) is 0 Å². The Morgan fingerprint density at radius 2 is 1.93 bits per heavy atom. The number of benzene rings is 1. The van der Waals surface area contributed by atoms with E-state index < -0.39 is 0 Å². The van der Waals surface area contributed by atoms with Crippen LogP contribution in [0.15, 0.2) is 36.5 Å². The van der Waals surface area contributed by atoms with Crippen LogP contribution in [0, 0.1) is 0 Å². The number of ether oxygens (including phenoxy) is 2. The maximum Gasteiger partial charge on any atom is 0.254 e. The SMILES string of the molecule is CCCCNc1cc(C(=O)N2CCN(Cc3ccc4c(c3)OCO4)CC2)ccn1. The molecule has 1 aromatic heterocycles. The Hall–Kier alpha value is -2.80. The van der Waals surface area contributed by atoms with Crippen molar-refractivity contribution in [2.24, 2.45) is 0 Å². The second-order valence-electron chi connectivity index (χ2n) is 7.47. The Kier molecular flexibility index (Phi) is 6.14. The first kappa shape index (κ1) is 19.5. The number of carbonyl (C=O) groups is 1. The monoisotopic (exact) mass is 396 g/mol. The number of piperazine rings is 1. The van der Waals surface area contributed by atoms with Crippen LogP contribution in [0.2, 0.25) is 0 Å². The minimum atomic E-state index is 0.0775. The standard InChI is InChI=1S/C22H28N4O3/c1-2-3-7-23-21-14-18(6-8-24-21)22(27)26-11-9-25(10-12-26)15-17-4-5-19-20(13-17)29-16-28-19/h4-6,8,13-14H,2-3,7,9-12,15-16H2,1H3,(H,23,24). The molecule has 0 spiro atoms. The molecular formula is C22H28N4O3. The van der Waals surface area contributed by atoms with Gasteiger partial charge in [0.1, 0.15) is 5.82 Å². The van der Waals surface area contributed by atoms with Gasteiger partial charge in [0.25, 0.3) is 5.91 Å². The van der Waals surface area contributed by atoms with Crippen molar-refractivity contribution in [3.8, 4) is 11.5 Å². The second-order valence-corrected chi connectivity index (χ2v) is 7.47. The fourth-order valence-electron chi connectivity index (χ4n) is 3.64. The van der Waals surface area contributed by atoms with Crippen molar-refractivity contribution in [3.63, 3.8) is 0 Å². The lowest BCUT2D eigenvalue weighted by Gasteiger charge is -2.34. The van der Waals surface area contributed by atoms with Gasteiger partial charge in [-0.2, -0.15) is 0 Å². The zero-order chi connectivity index (χ0) is 20.1. The average Bonchev–Trinajstić information content (AvgIpc) is 3.22. The predicted molar refractivity (Wildman–Crippen MR) is 111 cm³/mol. The van der Waals surface area contributed by atoms with Crippen molar-refractivity contribution in [3.05, 3.63) is 47.7 Å². The molecule has 4 rings (SSSR count). The Morgan fingerprint density at radius 3 is 2.76 bits per heavy atom. The van der Waals surface area contributed by atoms with Gasteiger partial charge in [-0.05, 0) is 36.2 Å². The van der Waals surface area contributed by atoms with Crippen LogP contribution in [-0.2, 0) is 6.54 Å². The highest BCUT2D eigenvalue weighted by atomic mass is 16.7. The van der Waals surface area contributed by atoms with Gasteiger partial charge in [-0.15, -0.1) is 0 Å². The predicted octanol–water partition coefficient (Wildman–Crippen LogP) is 2.98. The molecule has 1 aromatic carbocycles. The van der Waals surface area contributed by atoms with E-state index >= 15 is 0 Å². The quantitative estimate of drug-likeness (QED) is 0.726. The van der Waals surface area contributed by atoms with Crippen LogP contribution in [-0.4, -0.2) is 60.2 Å². The van der Waals surface area contributed by atoms with E-state index in [1.807, 2.05) is 23.1 Å². The number of amides is 1. The maximum atomic E-state index is 12.9. The first-order chi connectivity index (χ1) is 14.2. The third-order valence-electron chi connectivity index (χ3n) is 5.35. The summed E-state index contributed by atoms with van der Waals surface area (Å²) in [7, 11) is 0. The highest BCUT2D eigenvalue weighted by Crippen LogP contribution is 2.32. The molecule has 7 nitrogen and oxygen atoms in total. The Labute approximate surface area is 171 Å². The van der Waals surface area contributed by atoms with E-state index in [0.29, 0.717) is 12.4 Å². The van der Waals surface area contributed by atoms with Crippen LogP contribution in [0.3, 0.4) is 0 Å². The van der Waals surface area contributed by atoms with Crippen LogP contribution in [0.5, 0.6) is 11.5 Å². The summed E-state index contributed by atoms with van der Waals surface area (Å²) in [5.74, 6) is 2.47. The molecule has 1 fully saturated rings. The zero-order valence-electron chi connectivity index (χ0n) is 16.9. The number of nitrogens with one attached hydrogen (secondary N) is 1. The van der Waals surface area contributed by atoms with E-state index in [2.05, 4.69) is 28.2 Å². The molecule has 154 valence electrons. The molecule has 2 aliphatic heterocycles. The van der Waals surface area contributed by atoms with Crippen molar-refractivity contribution in [1.29, 1.82) is 0 Å². The van der Waals surface area contributed by atoms with Gasteiger partial charge < -0.3 is 19.7 Å². The number of rotatable bonds is 7.